The van der Waals surface area contributed by atoms with Crippen molar-refractivity contribution < 1.29 is 66.7 Å². The highest BCUT2D eigenvalue weighted by molar-refractivity contribution is 7.47. The molecule has 0 radical (unpaired) electrons. The Kier molecular flexibility index (Phi) is 37.7. The summed E-state index contributed by atoms with van der Waals surface area (Å²) in [6, 6.07) is 0. The third-order valence-corrected chi connectivity index (χ3v) is 10.2. The normalized spacial score (nSPS) is 15.2. The number of rotatable bonds is 40. The van der Waals surface area contributed by atoms with Gasteiger partial charge in [0.25, 0.3) is 0 Å². The van der Waals surface area contributed by atoms with Crippen LogP contribution >= 0.6 is 15.6 Å². The zero-order valence-corrected chi connectivity index (χ0v) is 37.9. The molecular weight excluding hydrogens is 814 g/mol. The van der Waals surface area contributed by atoms with Crippen molar-refractivity contribution in [2.75, 3.05) is 26.4 Å². The lowest BCUT2D eigenvalue weighted by Gasteiger charge is -2.20. The summed E-state index contributed by atoms with van der Waals surface area (Å²) in [6.07, 6.45) is 39.9. The number of aliphatic hydroxyl groups is 2. The first-order valence-electron chi connectivity index (χ1n) is 21.7. The molecule has 1 unspecified atom stereocenters. The van der Waals surface area contributed by atoms with Crippen LogP contribution in [0.4, 0.5) is 0 Å². The second kappa shape index (κ2) is 39.4. The molecule has 346 valence electrons. The minimum atomic E-state index is -4.87. The van der Waals surface area contributed by atoms with Crippen LogP contribution in [0.25, 0.3) is 0 Å². The number of hydrogen-bond donors (Lipinski definition) is 5. The van der Waals surface area contributed by atoms with E-state index in [4.69, 9.17) is 23.8 Å². The predicted octanol–water partition coefficient (Wildman–Crippen LogP) is 9.98. The maximum Gasteiger partial charge on any atom is 0.472 e. The van der Waals surface area contributed by atoms with Crippen LogP contribution in [0.3, 0.4) is 0 Å². The van der Waals surface area contributed by atoms with Crippen LogP contribution in [0, 0.1) is 0 Å². The fraction of sp³-hybridized carbons (Fsp3) is 0.682. The molecule has 0 amide bonds. The van der Waals surface area contributed by atoms with E-state index in [1.54, 1.807) is 6.08 Å². The molecule has 0 heterocycles. The highest BCUT2D eigenvalue weighted by Gasteiger charge is 2.28. The fourth-order valence-corrected chi connectivity index (χ4v) is 6.43. The van der Waals surface area contributed by atoms with Gasteiger partial charge in [0.05, 0.1) is 25.9 Å². The largest absolute Gasteiger partial charge is 0.472 e. The van der Waals surface area contributed by atoms with E-state index >= 15 is 0 Å². The molecule has 0 aromatic heterocycles. The highest BCUT2D eigenvalue weighted by atomic mass is 31.2. The van der Waals surface area contributed by atoms with E-state index in [1.165, 1.54) is 38.5 Å². The second-order valence-corrected chi connectivity index (χ2v) is 17.1. The molecule has 5 N–H and O–H groups in total. The number of carbonyl (C=O) groups is 2. The molecule has 60 heavy (non-hydrogen) atoms. The SMILES string of the molecule is CCCCCC/C=C\CCCCCCCCCC(=O)O[C@H](COC(=O)CCC/C=C\C/C=C\C/C=C\C/C=C\C=C\[C@@H](O)CC)COP(=O)(O)OC[C@@H](O)COP(=O)(O)O. The topological polar surface area (TPSA) is 216 Å². The first kappa shape index (κ1) is 57.5. The number of unbranched alkanes of at least 4 members (excludes halogenated alkanes) is 12. The lowest BCUT2D eigenvalue weighted by molar-refractivity contribution is -0.161. The standard InChI is InChI=1S/C44H76O14P2/c1-3-5-6-7-8-9-10-11-12-17-20-23-26-29-32-35-44(48)58-42(39-57-60(52,53)56-37-41(46)36-55-59(49,50)51)38-54-43(47)34-31-28-25-22-19-16-14-13-15-18-21-24-27-30-33-40(45)4-2/h9-10,14-16,18,22,24-25,27,30,33,40-42,45-46H,3-8,11-13,17,19-21,23,26,28-29,31-32,34-39H2,1-2H3,(H,52,53)(H2,49,50,51)/b10-9-,16-14-,18-15-,25-22-,27-24-,33-30+/t40-,41-,42+/m0/s1. The van der Waals surface area contributed by atoms with E-state index < -0.39 is 72.3 Å². The molecule has 14 nitrogen and oxygen atoms in total. The summed E-state index contributed by atoms with van der Waals surface area (Å²) in [6.45, 7) is 1.33. The smallest absolute Gasteiger partial charge is 0.462 e. The number of phosphoric ester groups is 2. The van der Waals surface area contributed by atoms with E-state index in [-0.39, 0.29) is 12.8 Å². The molecule has 0 aliphatic heterocycles. The molecule has 0 aliphatic carbocycles. The molecule has 4 atom stereocenters. The van der Waals surface area contributed by atoms with Crippen molar-refractivity contribution in [1.82, 2.24) is 0 Å². The van der Waals surface area contributed by atoms with Crippen molar-refractivity contribution in [2.24, 2.45) is 0 Å². The van der Waals surface area contributed by atoms with Gasteiger partial charge in [-0.3, -0.25) is 23.2 Å². The van der Waals surface area contributed by atoms with Gasteiger partial charge in [0.2, 0.25) is 0 Å². The van der Waals surface area contributed by atoms with Gasteiger partial charge < -0.3 is 34.4 Å². The molecule has 0 saturated heterocycles. The first-order valence-corrected chi connectivity index (χ1v) is 24.8. The number of ether oxygens (including phenoxy) is 2. The van der Waals surface area contributed by atoms with Gasteiger partial charge in [0.15, 0.2) is 6.10 Å². The van der Waals surface area contributed by atoms with Crippen LogP contribution in [-0.2, 0) is 41.8 Å². The van der Waals surface area contributed by atoms with Crippen molar-refractivity contribution in [3.63, 3.8) is 0 Å². The Bertz CT molecular complexity index is 1350. The van der Waals surface area contributed by atoms with Gasteiger partial charge in [-0.25, -0.2) is 9.13 Å². The summed E-state index contributed by atoms with van der Waals surface area (Å²) in [7, 11) is -9.71. The zero-order valence-electron chi connectivity index (χ0n) is 36.1. The Morgan fingerprint density at radius 1 is 0.550 bits per heavy atom. The van der Waals surface area contributed by atoms with Crippen LogP contribution in [-0.4, -0.2) is 81.6 Å². The average molecular weight is 891 g/mol. The Hall–Kier alpha value is -2.48. The first-order chi connectivity index (χ1) is 28.8. The Labute approximate surface area is 359 Å². The summed E-state index contributed by atoms with van der Waals surface area (Å²) >= 11 is 0. The molecule has 0 aliphatic rings. The van der Waals surface area contributed by atoms with Gasteiger partial charge in [0.1, 0.15) is 12.7 Å². The summed E-state index contributed by atoms with van der Waals surface area (Å²) in [5.74, 6) is -1.13. The predicted molar refractivity (Wildman–Crippen MR) is 236 cm³/mol. The lowest BCUT2D eigenvalue weighted by Crippen LogP contribution is -2.30. The number of allylic oxidation sites excluding steroid dienone is 11. The van der Waals surface area contributed by atoms with Gasteiger partial charge in [-0.2, -0.15) is 0 Å². The molecule has 0 spiro atoms. The average Bonchev–Trinajstić information content (AvgIpc) is 3.21. The monoisotopic (exact) mass is 890 g/mol. The van der Waals surface area contributed by atoms with E-state index in [0.29, 0.717) is 25.7 Å². The van der Waals surface area contributed by atoms with E-state index in [2.05, 4.69) is 52.4 Å². The van der Waals surface area contributed by atoms with E-state index in [0.717, 1.165) is 57.8 Å². The molecule has 0 aromatic rings. The van der Waals surface area contributed by atoms with Gasteiger partial charge in [-0.1, -0.05) is 138 Å². The van der Waals surface area contributed by atoms with Gasteiger partial charge >= 0.3 is 27.6 Å². The van der Waals surface area contributed by atoms with Gasteiger partial charge in [-0.05, 0) is 70.6 Å². The number of aliphatic hydroxyl groups excluding tert-OH is 2. The second-order valence-electron chi connectivity index (χ2n) is 14.4. The summed E-state index contributed by atoms with van der Waals surface area (Å²) in [5.41, 5.74) is 0. The van der Waals surface area contributed by atoms with Crippen LogP contribution < -0.4 is 0 Å². The van der Waals surface area contributed by atoms with Gasteiger partial charge in [-0.15, -0.1) is 0 Å². The minimum Gasteiger partial charge on any atom is -0.462 e. The molecule has 0 bridgehead atoms. The Balaban J connectivity index is 4.64. The van der Waals surface area contributed by atoms with E-state index in [9.17, 15) is 33.8 Å². The minimum absolute atomic E-state index is 0.0991. The van der Waals surface area contributed by atoms with Crippen molar-refractivity contribution >= 4 is 27.6 Å². The van der Waals surface area contributed by atoms with Crippen LogP contribution in [0.2, 0.25) is 0 Å². The lowest BCUT2D eigenvalue weighted by atomic mass is 10.1. The quantitative estimate of drug-likeness (QED) is 0.0127. The fourth-order valence-electron chi connectivity index (χ4n) is 5.27. The Morgan fingerprint density at radius 3 is 1.67 bits per heavy atom. The van der Waals surface area contributed by atoms with E-state index in [1.807, 2.05) is 37.3 Å². The summed E-state index contributed by atoms with van der Waals surface area (Å²) in [4.78, 5) is 52.7. The number of hydrogen-bond acceptors (Lipinski definition) is 11. The summed E-state index contributed by atoms with van der Waals surface area (Å²) < 4.78 is 47.7. The molecule has 0 saturated carbocycles. The molecule has 0 rings (SSSR count). The third-order valence-electron chi connectivity index (χ3n) is 8.73. The van der Waals surface area contributed by atoms with Crippen molar-refractivity contribution in [3.8, 4) is 0 Å². The highest BCUT2D eigenvalue weighted by Crippen LogP contribution is 2.43. The maximum absolute atomic E-state index is 12.7. The Morgan fingerprint density at radius 2 is 1.05 bits per heavy atom. The van der Waals surface area contributed by atoms with Crippen molar-refractivity contribution in [3.05, 3.63) is 72.9 Å². The van der Waals surface area contributed by atoms with Crippen LogP contribution in [0.1, 0.15) is 149 Å². The molecule has 0 aromatic carbocycles. The summed E-state index contributed by atoms with van der Waals surface area (Å²) in [5, 5.41) is 19.2. The molecule has 0 fully saturated rings. The van der Waals surface area contributed by atoms with Gasteiger partial charge in [0, 0.05) is 12.8 Å². The zero-order chi connectivity index (χ0) is 44.6. The van der Waals surface area contributed by atoms with Crippen molar-refractivity contribution in [2.45, 2.75) is 167 Å². The van der Waals surface area contributed by atoms with Crippen LogP contribution in [0.15, 0.2) is 72.9 Å². The number of carbonyl (C=O) groups excluding carboxylic acids is 2. The molecular formula is C44H76O14P2. The number of esters is 2. The third kappa shape index (κ3) is 42.2. The van der Waals surface area contributed by atoms with Crippen molar-refractivity contribution in [1.29, 1.82) is 0 Å². The maximum atomic E-state index is 12.7. The number of phosphoric acid groups is 2. The van der Waals surface area contributed by atoms with Crippen LogP contribution in [0.5, 0.6) is 0 Å². The molecule has 16 heteroatoms.